The van der Waals surface area contributed by atoms with Crippen LogP contribution >= 0.6 is 0 Å². The summed E-state index contributed by atoms with van der Waals surface area (Å²) in [6.07, 6.45) is 4.56. The Hall–Kier alpha value is -1.59. The molecule has 0 bridgehead atoms. The summed E-state index contributed by atoms with van der Waals surface area (Å²) in [6.45, 7) is 4.46. The third kappa shape index (κ3) is 5.17. The molecule has 7 heteroatoms. The molecule has 0 radical (unpaired) electrons. The lowest BCUT2D eigenvalue weighted by Crippen LogP contribution is -2.49. The minimum absolute atomic E-state index is 0.0439. The SMILES string of the molecule is C[C@H]1CN([C@@H](C)CO)S(=O)(=O)c2ccc(C#CC3CCCC3)cc2O[C@H]1CN(C)C. The molecule has 1 aliphatic carbocycles. The largest absolute Gasteiger partial charge is 0.487 e. The molecule has 3 atom stereocenters. The van der Waals surface area contributed by atoms with E-state index >= 15 is 0 Å². The first-order chi connectivity index (χ1) is 14.2. The quantitative estimate of drug-likeness (QED) is 0.738. The molecule has 0 spiro atoms. The highest BCUT2D eigenvalue weighted by Crippen LogP contribution is 2.34. The molecular weight excluding hydrogens is 400 g/mol. The Morgan fingerprint density at radius 3 is 2.63 bits per heavy atom. The van der Waals surface area contributed by atoms with Crippen molar-refractivity contribution in [2.75, 3.05) is 33.8 Å². The first-order valence-corrected chi connectivity index (χ1v) is 12.3. The molecular formula is C23H34N2O4S. The topological polar surface area (TPSA) is 70.1 Å². The van der Waals surface area contributed by atoms with Gasteiger partial charge in [-0.1, -0.05) is 31.6 Å². The summed E-state index contributed by atoms with van der Waals surface area (Å²) in [4.78, 5) is 2.19. The van der Waals surface area contributed by atoms with Gasteiger partial charge in [0.25, 0.3) is 0 Å². The van der Waals surface area contributed by atoms with Gasteiger partial charge in [0.2, 0.25) is 10.0 Å². The Balaban J connectivity index is 2.04. The lowest BCUT2D eigenvalue weighted by atomic mass is 10.0. The van der Waals surface area contributed by atoms with Gasteiger partial charge in [0.15, 0.2) is 0 Å². The summed E-state index contributed by atoms with van der Waals surface area (Å²) >= 11 is 0. The third-order valence-electron chi connectivity index (χ3n) is 5.99. The van der Waals surface area contributed by atoms with E-state index in [1.165, 1.54) is 17.1 Å². The van der Waals surface area contributed by atoms with Crippen LogP contribution in [0.15, 0.2) is 23.1 Å². The minimum atomic E-state index is -3.80. The van der Waals surface area contributed by atoms with Crippen molar-refractivity contribution < 1.29 is 18.3 Å². The van der Waals surface area contributed by atoms with E-state index in [2.05, 4.69) is 11.8 Å². The van der Waals surface area contributed by atoms with Crippen LogP contribution in [0.3, 0.4) is 0 Å². The summed E-state index contributed by atoms with van der Waals surface area (Å²) in [6, 6.07) is 4.61. The molecule has 6 nitrogen and oxygen atoms in total. The van der Waals surface area contributed by atoms with E-state index in [1.54, 1.807) is 25.1 Å². The van der Waals surface area contributed by atoms with Gasteiger partial charge < -0.3 is 14.7 Å². The maximum absolute atomic E-state index is 13.4. The molecule has 1 aromatic rings. The number of likely N-dealkylation sites (N-methyl/N-ethyl adjacent to an activating group) is 1. The number of ether oxygens (including phenoxy) is 1. The van der Waals surface area contributed by atoms with Crippen LogP contribution in [-0.4, -0.2) is 68.7 Å². The molecule has 1 fully saturated rings. The molecule has 30 heavy (non-hydrogen) atoms. The summed E-state index contributed by atoms with van der Waals surface area (Å²) < 4.78 is 34.5. The van der Waals surface area contributed by atoms with E-state index < -0.39 is 16.1 Å². The van der Waals surface area contributed by atoms with Crippen molar-refractivity contribution in [3.05, 3.63) is 23.8 Å². The van der Waals surface area contributed by atoms with E-state index in [9.17, 15) is 13.5 Å². The fraction of sp³-hybridized carbons (Fsp3) is 0.652. The Morgan fingerprint density at radius 2 is 2.00 bits per heavy atom. The average molecular weight is 435 g/mol. The molecule has 1 aliphatic heterocycles. The number of hydrogen-bond acceptors (Lipinski definition) is 5. The van der Waals surface area contributed by atoms with E-state index in [-0.39, 0.29) is 23.5 Å². The van der Waals surface area contributed by atoms with E-state index in [1.807, 2.05) is 25.9 Å². The maximum atomic E-state index is 13.4. The number of hydrogen-bond donors (Lipinski definition) is 1. The normalized spacial score (nSPS) is 25.5. The fourth-order valence-electron chi connectivity index (χ4n) is 4.14. The highest BCUT2D eigenvalue weighted by atomic mass is 32.2. The Morgan fingerprint density at radius 1 is 1.30 bits per heavy atom. The van der Waals surface area contributed by atoms with Crippen LogP contribution in [0.1, 0.15) is 45.1 Å². The predicted octanol–water partition coefficient (Wildman–Crippen LogP) is 2.56. The van der Waals surface area contributed by atoms with Crippen LogP contribution in [-0.2, 0) is 10.0 Å². The van der Waals surface area contributed by atoms with Gasteiger partial charge in [0.1, 0.15) is 16.7 Å². The van der Waals surface area contributed by atoms with Crippen molar-refractivity contribution in [3.8, 4) is 17.6 Å². The zero-order chi connectivity index (χ0) is 21.9. The third-order valence-corrected chi connectivity index (χ3v) is 8.01. The number of aliphatic hydroxyl groups excluding tert-OH is 1. The predicted molar refractivity (Wildman–Crippen MR) is 118 cm³/mol. The fourth-order valence-corrected chi connectivity index (χ4v) is 5.96. The second-order valence-corrected chi connectivity index (χ2v) is 10.8. The second-order valence-electron chi connectivity index (χ2n) is 8.91. The molecule has 166 valence electrons. The molecule has 2 aliphatic rings. The smallest absolute Gasteiger partial charge is 0.247 e. The lowest BCUT2D eigenvalue weighted by Gasteiger charge is -2.37. The van der Waals surface area contributed by atoms with Crippen LogP contribution in [0, 0.1) is 23.7 Å². The molecule has 0 amide bonds. The van der Waals surface area contributed by atoms with Crippen molar-refractivity contribution in [2.45, 2.75) is 56.6 Å². The Labute approximate surface area is 181 Å². The standard InChI is InChI=1S/C23H34N2O4S/c1-17-14-25(18(2)16-26)30(27,28)23-12-11-20(10-9-19-7-5-6-8-19)13-21(23)29-22(17)15-24(3)4/h11-13,17-19,22,26H,5-8,14-16H2,1-4H3/t17-,18-,22-/m0/s1. The summed E-state index contributed by atoms with van der Waals surface area (Å²) in [5, 5.41) is 9.68. The summed E-state index contributed by atoms with van der Waals surface area (Å²) in [5.41, 5.74) is 0.773. The van der Waals surface area contributed by atoms with E-state index in [0.29, 0.717) is 24.8 Å². The molecule has 1 aromatic carbocycles. The number of benzene rings is 1. The second kappa shape index (κ2) is 9.69. The Kier molecular flexibility index (Phi) is 7.46. The van der Waals surface area contributed by atoms with E-state index in [0.717, 1.165) is 18.4 Å². The van der Waals surface area contributed by atoms with Gasteiger partial charge in [-0.3, -0.25) is 0 Å². The first-order valence-electron chi connectivity index (χ1n) is 10.8. The molecule has 1 saturated carbocycles. The molecule has 0 unspecified atom stereocenters. The zero-order valence-corrected chi connectivity index (χ0v) is 19.3. The van der Waals surface area contributed by atoms with Crippen molar-refractivity contribution >= 4 is 10.0 Å². The van der Waals surface area contributed by atoms with Crippen molar-refractivity contribution in [1.29, 1.82) is 0 Å². The van der Waals surface area contributed by atoms with Crippen LogP contribution < -0.4 is 4.74 Å². The van der Waals surface area contributed by atoms with Gasteiger partial charge in [0.05, 0.1) is 6.61 Å². The molecule has 0 aromatic heterocycles. The van der Waals surface area contributed by atoms with Crippen molar-refractivity contribution in [2.24, 2.45) is 11.8 Å². The first kappa shape index (κ1) is 23.1. The average Bonchev–Trinajstić information content (AvgIpc) is 3.21. The van der Waals surface area contributed by atoms with Gasteiger partial charge in [-0.2, -0.15) is 4.31 Å². The summed E-state index contributed by atoms with van der Waals surface area (Å²) in [7, 11) is 0.153. The van der Waals surface area contributed by atoms with Crippen LogP contribution in [0.5, 0.6) is 5.75 Å². The molecule has 1 heterocycles. The van der Waals surface area contributed by atoms with Crippen LogP contribution in [0.4, 0.5) is 0 Å². The maximum Gasteiger partial charge on any atom is 0.247 e. The zero-order valence-electron chi connectivity index (χ0n) is 18.5. The van der Waals surface area contributed by atoms with Gasteiger partial charge in [-0.15, -0.1) is 0 Å². The van der Waals surface area contributed by atoms with Gasteiger partial charge >= 0.3 is 0 Å². The van der Waals surface area contributed by atoms with Crippen LogP contribution in [0.2, 0.25) is 0 Å². The minimum Gasteiger partial charge on any atom is -0.487 e. The van der Waals surface area contributed by atoms with Crippen LogP contribution in [0.25, 0.3) is 0 Å². The molecule has 0 saturated heterocycles. The monoisotopic (exact) mass is 434 g/mol. The molecule has 1 N–H and O–H groups in total. The van der Waals surface area contributed by atoms with Gasteiger partial charge in [0, 0.05) is 36.5 Å². The van der Waals surface area contributed by atoms with Gasteiger partial charge in [-0.25, -0.2) is 8.42 Å². The number of aliphatic hydroxyl groups is 1. The van der Waals surface area contributed by atoms with Crippen molar-refractivity contribution in [3.63, 3.8) is 0 Å². The van der Waals surface area contributed by atoms with Gasteiger partial charge in [-0.05, 0) is 52.1 Å². The Bertz CT molecular complexity index is 898. The molecule has 3 rings (SSSR count). The van der Waals surface area contributed by atoms with E-state index in [4.69, 9.17) is 4.74 Å². The number of rotatable bonds is 4. The highest BCUT2D eigenvalue weighted by molar-refractivity contribution is 7.89. The lowest BCUT2D eigenvalue weighted by molar-refractivity contribution is 0.0812. The van der Waals surface area contributed by atoms with Crippen molar-refractivity contribution in [1.82, 2.24) is 9.21 Å². The highest BCUT2D eigenvalue weighted by Gasteiger charge is 2.37. The number of sulfonamides is 1. The number of fused-ring (bicyclic) bond motifs is 1. The summed E-state index contributed by atoms with van der Waals surface area (Å²) in [5.74, 6) is 7.29. The number of nitrogens with zero attached hydrogens (tertiary/aromatic N) is 2.